The maximum atomic E-state index is 13.0. The van der Waals surface area contributed by atoms with Crippen molar-refractivity contribution in [3.8, 4) is 5.75 Å². The second-order valence-corrected chi connectivity index (χ2v) is 6.26. The number of anilines is 1. The Morgan fingerprint density at radius 2 is 2.04 bits per heavy atom. The summed E-state index contributed by atoms with van der Waals surface area (Å²) in [6.07, 6.45) is 0.960. The molecule has 0 atom stereocenters. The Bertz CT molecular complexity index is 885. The van der Waals surface area contributed by atoms with Gasteiger partial charge >= 0.3 is 0 Å². The molecule has 5 heteroatoms. The van der Waals surface area contributed by atoms with Crippen molar-refractivity contribution in [2.75, 3.05) is 19.0 Å². The standard InChI is InChI=1S/C19H18BrNO3/c1-3-10-21-17-13-6-4-5-7-15(13)24-19(17)18(22)12-8-9-16(23-2)14(20)11-12/h4-9,11,21H,3,10H2,1-2H3. The average Bonchev–Trinajstić information content (AvgIpc) is 2.97. The smallest absolute Gasteiger partial charge is 0.230 e. The lowest BCUT2D eigenvalue weighted by Gasteiger charge is -2.07. The predicted octanol–water partition coefficient (Wildman–Crippen LogP) is 5.26. The van der Waals surface area contributed by atoms with Crippen molar-refractivity contribution in [1.29, 1.82) is 0 Å². The number of hydrogen-bond donors (Lipinski definition) is 1. The third kappa shape index (κ3) is 3.04. The molecule has 3 aromatic rings. The Hall–Kier alpha value is -2.27. The van der Waals surface area contributed by atoms with Crippen molar-refractivity contribution < 1.29 is 13.9 Å². The molecule has 0 bridgehead atoms. The summed E-state index contributed by atoms with van der Waals surface area (Å²) >= 11 is 3.42. The molecule has 24 heavy (non-hydrogen) atoms. The molecule has 0 aliphatic heterocycles. The van der Waals surface area contributed by atoms with E-state index in [1.165, 1.54) is 0 Å². The highest BCUT2D eigenvalue weighted by Gasteiger charge is 2.22. The number of halogens is 1. The van der Waals surface area contributed by atoms with E-state index in [0.717, 1.165) is 28.5 Å². The fourth-order valence-corrected chi connectivity index (χ4v) is 3.11. The number of nitrogens with one attached hydrogen (secondary N) is 1. The van der Waals surface area contributed by atoms with Crippen LogP contribution < -0.4 is 10.1 Å². The number of rotatable bonds is 6. The molecule has 1 heterocycles. The van der Waals surface area contributed by atoms with Gasteiger partial charge in [-0.15, -0.1) is 0 Å². The number of methoxy groups -OCH3 is 1. The van der Waals surface area contributed by atoms with Crippen LogP contribution in [-0.4, -0.2) is 19.4 Å². The molecule has 1 N–H and O–H groups in total. The number of furan rings is 1. The van der Waals surface area contributed by atoms with Crippen LogP contribution in [0.4, 0.5) is 5.69 Å². The van der Waals surface area contributed by atoms with E-state index in [-0.39, 0.29) is 5.78 Å². The van der Waals surface area contributed by atoms with Gasteiger partial charge in [0.2, 0.25) is 5.78 Å². The highest BCUT2D eigenvalue weighted by atomic mass is 79.9. The van der Waals surface area contributed by atoms with E-state index in [0.29, 0.717) is 22.7 Å². The van der Waals surface area contributed by atoms with Crippen molar-refractivity contribution in [3.05, 3.63) is 58.3 Å². The minimum absolute atomic E-state index is 0.159. The molecule has 0 aliphatic carbocycles. The van der Waals surface area contributed by atoms with Gasteiger partial charge in [-0.05, 0) is 52.7 Å². The van der Waals surface area contributed by atoms with E-state index in [1.807, 2.05) is 24.3 Å². The van der Waals surface area contributed by atoms with E-state index in [4.69, 9.17) is 9.15 Å². The summed E-state index contributed by atoms with van der Waals surface area (Å²) in [5.74, 6) is 0.857. The molecule has 0 amide bonds. The molecule has 0 spiro atoms. The third-order valence-corrected chi connectivity index (χ3v) is 4.39. The maximum Gasteiger partial charge on any atom is 0.230 e. The number of fused-ring (bicyclic) bond motifs is 1. The molecule has 0 saturated carbocycles. The van der Waals surface area contributed by atoms with Crippen LogP contribution in [0.15, 0.2) is 51.4 Å². The molecule has 0 radical (unpaired) electrons. The van der Waals surface area contributed by atoms with Gasteiger partial charge in [0.05, 0.1) is 17.3 Å². The van der Waals surface area contributed by atoms with Gasteiger partial charge in [0.1, 0.15) is 11.3 Å². The Morgan fingerprint density at radius 1 is 1.25 bits per heavy atom. The van der Waals surface area contributed by atoms with Crippen LogP contribution in [0.2, 0.25) is 0 Å². The number of carbonyl (C=O) groups excluding carboxylic acids is 1. The van der Waals surface area contributed by atoms with Crippen LogP contribution in [0.25, 0.3) is 11.0 Å². The SMILES string of the molecule is CCCNc1c(C(=O)c2ccc(OC)c(Br)c2)oc2ccccc12. The van der Waals surface area contributed by atoms with E-state index >= 15 is 0 Å². The van der Waals surface area contributed by atoms with Crippen LogP contribution >= 0.6 is 15.9 Å². The first-order chi connectivity index (χ1) is 11.7. The second-order valence-electron chi connectivity index (χ2n) is 5.41. The largest absolute Gasteiger partial charge is 0.496 e. The van der Waals surface area contributed by atoms with Gasteiger partial charge in [-0.1, -0.05) is 19.1 Å². The fourth-order valence-electron chi connectivity index (χ4n) is 2.57. The molecule has 0 saturated heterocycles. The van der Waals surface area contributed by atoms with Gasteiger partial charge in [0, 0.05) is 17.5 Å². The van der Waals surface area contributed by atoms with Crippen LogP contribution in [0.3, 0.4) is 0 Å². The number of carbonyl (C=O) groups is 1. The van der Waals surface area contributed by atoms with Crippen molar-refractivity contribution in [1.82, 2.24) is 0 Å². The Labute approximate surface area is 148 Å². The van der Waals surface area contributed by atoms with Crippen LogP contribution in [0.5, 0.6) is 5.75 Å². The Kier molecular flexibility index (Phi) is 4.90. The van der Waals surface area contributed by atoms with Crippen molar-refractivity contribution in [3.63, 3.8) is 0 Å². The van der Waals surface area contributed by atoms with Gasteiger partial charge in [-0.2, -0.15) is 0 Å². The minimum atomic E-state index is -0.159. The molecule has 2 aromatic carbocycles. The highest BCUT2D eigenvalue weighted by Crippen LogP contribution is 2.34. The summed E-state index contributed by atoms with van der Waals surface area (Å²) in [5, 5.41) is 4.24. The summed E-state index contributed by atoms with van der Waals surface area (Å²) in [6.45, 7) is 2.85. The molecule has 0 aliphatic rings. The molecular formula is C19H18BrNO3. The molecule has 4 nitrogen and oxygen atoms in total. The van der Waals surface area contributed by atoms with Gasteiger partial charge in [0.25, 0.3) is 0 Å². The summed E-state index contributed by atoms with van der Waals surface area (Å²) in [5.41, 5.74) is 2.00. The first-order valence-electron chi connectivity index (χ1n) is 7.79. The molecule has 0 fully saturated rings. The molecule has 1 aromatic heterocycles. The van der Waals surface area contributed by atoms with Gasteiger partial charge in [-0.25, -0.2) is 0 Å². The van der Waals surface area contributed by atoms with E-state index < -0.39 is 0 Å². The van der Waals surface area contributed by atoms with Gasteiger partial charge in [0.15, 0.2) is 5.76 Å². The van der Waals surface area contributed by atoms with Gasteiger partial charge in [-0.3, -0.25) is 4.79 Å². The third-order valence-electron chi connectivity index (χ3n) is 3.77. The molecule has 0 unspecified atom stereocenters. The topological polar surface area (TPSA) is 51.5 Å². The fraction of sp³-hybridized carbons (Fsp3) is 0.211. The number of ether oxygens (including phenoxy) is 1. The van der Waals surface area contributed by atoms with Crippen molar-refractivity contribution in [2.24, 2.45) is 0 Å². The van der Waals surface area contributed by atoms with E-state index in [2.05, 4.69) is 28.2 Å². The zero-order valence-corrected chi connectivity index (χ0v) is 15.1. The average molecular weight is 388 g/mol. The van der Waals surface area contributed by atoms with Crippen LogP contribution in [0.1, 0.15) is 29.5 Å². The maximum absolute atomic E-state index is 13.0. The predicted molar refractivity (Wildman–Crippen MR) is 99.1 cm³/mol. The zero-order chi connectivity index (χ0) is 17.1. The molecule has 3 rings (SSSR count). The second kappa shape index (κ2) is 7.09. The van der Waals surface area contributed by atoms with Crippen molar-refractivity contribution >= 4 is 38.4 Å². The normalized spacial score (nSPS) is 10.8. The summed E-state index contributed by atoms with van der Waals surface area (Å²) < 4.78 is 11.8. The lowest BCUT2D eigenvalue weighted by Crippen LogP contribution is -2.07. The highest BCUT2D eigenvalue weighted by molar-refractivity contribution is 9.10. The lowest BCUT2D eigenvalue weighted by molar-refractivity contribution is 0.101. The Morgan fingerprint density at radius 3 is 2.75 bits per heavy atom. The molecule has 124 valence electrons. The first-order valence-corrected chi connectivity index (χ1v) is 8.58. The number of ketones is 1. The molecular weight excluding hydrogens is 370 g/mol. The van der Waals surface area contributed by atoms with Crippen LogP contribution in [-0.2, 0) is 0 Å². The first kappa shape index (κ1) is 16.6. The Balaban J connectivity index is 2.07. The van der Waals surface area contributed by atoms with E-state index in [9.17, 15) is 4.79 Å². The lowest BCUT2D eigenvalue weighted by atomic mass is 10.1. The number of para-hydroxylation sites is 1. The quantitative estimate of drug-likeness (QED) is 0.586. The summed E-state index contributed by atoms with van der Waals surface area (Å²) in [6, 6.07) is 12.9. The zero-order valence-electron chi connectivity index (χ0n) is 13.6. The minimum Gasteiger partial charge on any atom is -0.496 e. The summed E-state index contributed by atoms with van der Waals surface area (Å²) in [7, 11) is 1.59. The monoisotopic (exact) mass is 387 g/mol. The number of benzene rings is 2. The van der Waals surface area contributed by atoms with E-state index in [1.54, 1.807) is 25.3 Å². The van der Waals surface area contributed by atoms with Gasteiger partial charge < -0.3 is 14.5 Å². The van der Waals surface area contributed by atoms with Crippen molar-refractivity contribution in [2.45, 2.75) is 13.3 Å². The van der Waals surface area contributed by atoms with Crippen LogP contribution in [0, 0.1) is 0 Å². The summed E-state index contributed by atoms with van der Waals surface area (Å²) in [4.78, 5) is 13.0. The number of hydrogen-bond acceptors (Lipinski definition) is 4.